The Morgan fingerprint density at radius 2 is 1.53 bits per heavy atom. The number of aromatic amines is 1. The quantitative estimate of drug-likeness (QED) is 0.109. The van der Waals surface area contributed by atoms with Gasteiger partial charge >= 0.3 is 35.6 Å². The number of aromatic nitrogens is 1. The van der Waals surface area contributed by atoms with Gasteiger partial charge in [-0.05, 0) is 42.4 Å². The number of carboxylic acid groups (broad SMARTS) is 1. The van der Waals surface area contributed by atoms with Gasteiger partial charge in [0.2, 0.25) is 11.8 Å². The summed E-state index contributed by atoms with van der Waals surface area (Å²) in [6.07, 6.45) is 5.51. The van der Waals surface area contributed by atoms with Crippen molar-refractivity contribution in [3.63, 3.8) is 0 Å². The number of likely N-dealkylation sites (tertiary alicyclic amines) is 1. The number of carboxylic acids is 1. The number of nitro groups is 1. The molecule has 0 spiro atoms. The first-order chi connectivity index (χ1) is 22.0. The summed E-state index contributed by atoms with van der Waals surface area (Å²) in [6, 6.07) is 8.88. The van der Waals surface area contributed by atoms with Crippen LogP contribution in [0.4, 0.5) is 10.5 Å². The zero-order valence-electron chi connectivity index (χ0n) is 27.1. The molecule has 3 atom stereocenters. The van der Waals surface area contributed by atoms with Crippen molar-refractivity contribution in [1.82, 2.24) is 25.8 Å². The summed E-state index contributed by atoms with van der Waals surface area (Å²) in [7, 11) is 0. The minimum atomic E-state index is -1.51. The first-order valence-electron chi connectivity index (χ1n) is 15.7. The number of carbonyl (C=O) groups excluding carboxylic acids is 4. The molecular formula is C33H41N6NaO7. The van der Waals surface area contributed by atoms with E-state index in [1.165, 1.54) is 18.2 Å². The van der Waals surface area contributed by atoms with Crippen LogP contribution >= 0.6 is 0 Å². The Balaban J connectivity index is 0.00000600. The summed E-state index contributed by atoms with van der Waals surface area (Å²) < 4.78 is 0. The van der Waals surface area contributed by atoms with Crippen LogP contribution in [0.5, 0.6) is 0 Å². The number of nitrogens with zero attached hydrogens (tertiary/aromatic N) is 2. The van der Waals surface area contributed by atoms with Crippen molar-refractivity contribution in [1.29, 1.82) is 0 Å². The molecule has 4 rings (SSSR count). The van der Waals surface area contributed by atoms with Crippen LogP contribution in [0, 0.1) is 16.0 Å². The number of rotatable bonds is 13. The fraction of sp³-hybridized carbons (Fsp3) is 0.455. The predicted molar refractivity (Wildman–Crippen MR) is 169 cm³/mol. The molecule has 1 aliphatic heterocycles. The molecule has 4 amide bonds. The van der Waals surface area contributed by atoms with Gasteiger partial charge in [0, 0.05) is 55.2 Å². The van der Waals surface area contributed by atoms with Gasteiger partial charge in [0.05, 0.1) is 16.9 Å². The van der Waals surface area contributed by atoms with Crippen LogP contribution in [-0.4, -0.2) is 69.8 Å². The number of carbonyl (C=O) groups is 4. The number of non-ortho nitro benzene ring substituents is 1. The minimum Gasteiger partial charge on any atom is -0.548 e. The Morgan fingerprint density at radius 1 is 0.872 bits per heavy atom. The molecule has 1 fully saturated rings. The van der Waals surface area contributed by atoms with Gasteiger partial charge in [0.15, 0.2) is 0 Å². The summed E-state index contributed by atoms with van der Waals surface area (Å²) in [5, 5.41) is 32.4. The zero-order valence-corrected chi connectivity index (χ0v) is 29.1. The van der Waals surface area contributed by atoms with E-state index in [0.717, 1.165) is 36.6 Å². The maximum absolute atomic E-state index is 13.7. The van der Waals surface area contributed by atoms with Crippen molar-refractivity contribution >= 4 is 40.4 Å². The summed E-state index contributed by atoms with van der Waals surface area (Å²) in [6.45, 7) is 4.98. The van der Waals surface area contributed by atoms with Crippen molar-refractivity contribution in [2.75, 3.05) is 13.1 Å². The van der Waals surface area contributed by atoms with Crippen LogP contribution in [0.1, 0.15) is 57.1 Å². The third-order valence-corrected chi connectivity index (χ3v) is 8.11. The average Bonchev–Trinajstić information content (AvgIpc) is 3.22. The van der Waals surface area contributed by atoms with Crippen LogP contribution in [0.2, 0.25) is 0 Å². The molecule has 0 radical (unpaired) electrons. The van der Waals surface area contributed by atoms with E-state index in [9.17, 15) is 34.4 Å². The molecule has 2 heterocycles. The molecule has 1 aromatic heterocycles. The Kier molecular flexibility index (Phi) is 14.2. The number of benzene rings is 2. The average molecular weight is 657 g/mol. The van der Waals surface area contributed by atoms with E-state index < -0.39 is 40.8 Å². The van der Waals surface area contributed by atoms with Gasteiger partial charge < -0.3 is 35.7 Å². The van der Waals surface area contributed by atoms with E-state index in [0.29, 0.717) is 30.6 Å². The van der Waals surface area contributed by atoms with Gasteiger partial charge in [-0.3, -0.25) is 19.7 Å². The second-order valence-corrected chi connectivity index (χ2v) is 12.2. The second kappa shape index (κ2) is 17.8. The third kappa shape index (κ3) is 10.8. The SMILES string of the molecule is CC(C)C[C@H](NC(=O)N1CCCCCC1)C(=O)N[C@H](Cc1cccc([N+](=O)[O-])c1)C(=O)N[C@H](Cc1c[nH]c2ccccc12)C(=O)[O-].[Na+]. The fourth-order valence-corrected chi connectivity index (χ4v) is 5.72. The van der Waals surface area contributed by atoms with Gasteiger partial charge in [0.25, 0.3) is 5.69 Å². The predicted octanol–water partition coefficient (Wildman–Crippen LogP) is -0.415. The van der Waals surface area contributed by atoms with Crippen LogP contribution in [-0.2, 0) is 27.2 Å². The van der Waals surface area contributed by atoms with E-state index in [1.54, 1.807) is 17.2 Å². The molecule has 2 aromatic carbocycles. The minimum absolute atomic E-state index is 0. The molecule has 0 bridgehead atoms. The van der Waals surface area contributed by atoms with Gasteiger partial charge in [-0.15, -0.1) is 0 Å². The van der Waals surface area contributed by atoms with Crippen molar-refractivity contribution in [2.45, 2.75) is 76.9 Å². The third-order valence-electron chi connectivity index (χ3n) is 8.11. The van der Waals surface area contributed by atoms with Gasteiger partial charge in [-0.2, -0.15) is 0 Å². The van der Waals surface area contributed by atoms with E-state index in [2.05, 4.69) is 20.9 Å². The number of H-pyrrole nitrogens is 1. The number of aliphatic carboxylic acids is 1. The van der Waals surface area contributed by atoms with Crippen LogP contribution in [0.15, 0.2) is 54.7 Å². The van der Waals surface area contributed by atoms with Crippen molar-refractivity contribution in [3.05, 3.63) is 76.0 Å². The Labute approximate surface area is 295 Å². The monoisotopic (exact) mass is 656 g/mol. The number of nitro benzene ring substituents is 1. The van der Waals surface area contributed by atoms with Gasteiger partial charge in [-0.1, -0.05) is 57.0 Å². The number of urea groups is 1. The molecule has 13 nitrogen and oxygen atoms in total. The first kappa shape index (κ1) is 37.5. The molecule has 14 heteroatoms. The van der Waals surface area contributed by atoms with Crippen LogP contribution in [0.3, 0.4) is 0 Å². The summed E-state index contributed by atoms with van der Waals surface area (Å²) in [4.78, 5) is 68.3. The summed E-state index contributed by atoms with van der Waals surface area (Å²) in [5.74, 6) is -2.93. The fourth-order valence-electron chi connectivity index (χ4n) is 5.72. The Hall–Kier alpha value is -3.94. The van der Waals surface area contributed by atoms with Crippen molar-refractivity contribution in [2.24, 2.45) is 5.92 Å². The smallest absolute Gasteiger partial charge is 0.548 e. The van der Waals surface area contributed by atoms with Gasteiger partial charge in [-0.25, -0.2) is 4.79 Å². The van der Waals surface area contributed by atoms with E-state index in [1.807, 2.05) is 38.1 Å². The van der Waals surface area contributed by atoms with Crippen molar-refractivity contribution < 1.29 is 58.8 Å². The Bertz CT molecular complexity index is 1550. The van der Waals surface area contributed by atoms with Crippen LogP contribution < -0.4 is 50.6 Å². The number of hydrogen-bond acceptors (Lipinski definition) is 7. The largest absolute Gasteiger partial charge is 1.00 e. The molecule has 1 saturated heterocycles. The number of amides is 4. The first-order valence-corrected chi connectivity index (χ1v) is 15.7. The number of para-hydroxylation sites is 1. The van der Waals surface area contributed by atoms with E-state index >= 15 is 0 Å². The normalized spacial score (nSPS) is 15.1. The molecule has 3 aromatic rings. The van der Waals surface area contributed by atoms with Crippen LogP contribution in [0.25, 0.3) is 10.9 Å². The molecule has 0 aliphatic carbocycles. The van der Waals surface area contributed by atoms with Crippen molar-refractivity contribution in [3.8, 4) is 0 Å². The second-order valence-electron chi connectivity index (χ2n) is 12.2. The number of hydrogen-bond donors (Lipinski definition) is 4. The molecule has 246 valence electrons. The topological polar surface area (TPSA) is 190 Å². The molecule has 1 aliphatic rings. The zero-order chi connectivity index (χ0) is 33.2. The maximum atomic E-state index is 13.7. The van der Waals surface area contributed by atoms with E-state index in [4.69, 9.17) is 0 Å². The molecule has 0 unspecified atom stereocenters. The Morgan fingerprint density at radius 3 is 2.19 bits per heavy atom. The van der Waals surface area contributed by atoms with Gasteiger partial charge in [0.1, 0.15) is 12.1 Å². The van der Waals surface area contributed by atoms with E-state index in [-0.39, 0.29) is 60.0 Å². The standard InChI is InChI=1S/C33H42N6O7.Na/c1-21(2)16-27(37-33(44)38-14-7-3-4-8-15-38)30(40)35-28(18-22-10-9-11-24(17-22)39(45)46)31(41)36-29(32(42)43)19-23-20-34-26-13-6-5-12-25(23)26;/h5-6,9-13,17,20-21,27-29,34H,3-4,7-8,14-16,18-19H2,1-2H3,(H,35,40)(H,36,41)(H,37,44)(H,42,43);/q;+1/p-1/t27-,28+,29+;/m0./s1. The summed E-state index contributed by atoms with van der Waals surface area (Å²) >= 11 is 0. The number of fused-ring (bicyclic) bond motifs is 1. The molecule has 47 heavy (non-hydrogen) atoms. The molecule has 4 N–H and O–H groups in total. The maximum Gasteiger partial charge on any atom is 1.00 e. The summed E-state index contributed by atoms with van der Waals surface area (Å²) in [5.41, 5.74) is 1.63. The number of nitrogens with one attached hydrogen (secondary N) is 4. The molecule has 0 saturated carbocycles. The molecular weight excluding hydrogens is 615 g/mol.